The summed E-state index contributed by atoms with van der Waals surface area (Å²) in [6.45, 7) is 5.27. The van der Waals surface area contributed by atoms with Crippen LogP contribution in [0.5, 0.6) is 0 Å². The minimum atomic E-state index is -2.50. The van der Waals surface area contributed by atoms with Crippen molar-refractivity contribution in [2.75, 3.05) is 6.54 Å². The molecule has 0 aliphatic rings. The third kappa shape index (κ3) is 9.54. The van der Waals surface area contributed by atoms with Gasteiger partial charge in [-0.1, -0.05) is 0 Å². The number of carbonyl (C=O) groups excluding carboxylic acids is 4. The van der Waals surface area contributed by atoms with Gasteiger partial charge in [-0.05, 0) is 27.7 Å². The zero-order chi connectivity index (χ0) is 20.7. The van der Waals surface area contributed by atoms with E-state index in [1.54, 1.807) is 20.8 Å². The zero-order valence-electron chi connectivity index (χ0n) is 14.6. The molecule has 0 saturated carbocycles. The Morgan fingerprint density at radius 1 is 1.15 bits per heavy atom. The summed E-state index contributed by atoms with van der Waals surface area (Å²) >= 11 is 3.57. The second-order valence-corrected chi connectivity index (χ2v) is 8.21. The van der Waals surface area contributed by atoms with Crippen molar-refractivity contribution in [3.8, 4) is 0 Å². The molecule has 0 aromatic carbocycles. The Morgan fingerprint density at radius 3 is 2.12 bits per heavy atom. The van der Waals surface area contributed by atoms with Crippen LogP contribution in [0.4, 0.5) is 4.79 Å². The van der Waals surface area contributed by atoms with Crippen LogP contribution in [0, 0.1) is 0 Å². The average Bonchev–Trinajstić information content (AvgIpc) is 2.47. The molecule has 0 fully saturated rings. The Balaban J connectivity index is 4.91. The van der Waals surface area contributed by atoms with Gasteiger partial charge in [-0.2, -0.15) is 0 Å². The minimum Gasteiger partial charge on any atom is -0.480 e. The molecule has 0 aromatic heterocycles. The first-order chi connectivity index (χ1) is 11.7. The van der Waals surface area contributed by atoms with E-state index in [1.807, 2.05) is 5.32 Å². The Morgan fingerprint density at radius 2 is 1.69 bits per heavy atom. The van der Waals surface area contributed by atoms with E-state index >= 15 is 0 Å². The second kappa shape index (κ2) is 10.3. The van der Waals surface area contributed by atoms with Gasteiger partial charge in [0.25, 0.3) is 5.91 Å². The summed E-state index contributed by atoms with van der Waals surface area (Å²) in [5.74, 6) is -3.19. The van der Waals surface area contributed by atoms with Gasteiger partial charge in [-0.15, -0.1) is 12.2 Å². The molecule has 0 bridgehead atoms. The third-order valence-electron chi connectivity index (χ3n) is 2.54. The van der Waals surface area contributed by atoms with E-state index < -0.39 is 61.0 Å². The van der Waals surface area contributed by atoms with Crippen LogP contribution >= 0.6 is 19.6 Å². The summed E-state index contributed by atoms with van der Waals surface area (Å²) in [4.78, 5) is 67.2. The number of ether oxygens (including phenoxy) is 1. The van der Waals surface area contributed by atoms with Crippen molar-refractivity contribution in [1.29, 1.82) is 0 Å². The topological polar surface area (TPSA) is 171 Å². The van der Waals surface area contributed by atoms with Crippen LogP contribution in [-0.2, 0) is 23.9 Å². The van der Waals surface area contributed by atoms with Gasteiger partial charge < -0.3 is 30.7 Å². The van der Waals surface area contributed by atoms with E-state index in [1.165, 1.54) is 6.92 Å². The standard InChI is InChI=1S/C13H22N3O8PS/c1-6(10(19)20)15-7(17)5-14-9(18)8(11(21)25(23)26)16-12(22)24-13(2,3)4/h6,8,23,26H,5H2,1-4H3,(H,14,18)(H,15,17)(H,16,22)(H,19,20). The van der Waals surface area contributed by atoms with E-state index in [2.05, 4.69) is 22.9 Å². The lowest BCUT2D eigenvalue weighted by Gasteiger charge is -2.23. The molecular formula is C13H22N3O8PS. The molecule has 3 amide bonds. The van der Waals surface area contributed by atoms with Crippen molar-refractivity contribution in [1.82, 2.24) is 16.0 Å². The maximum atomic E-state index is 12.1. The fraction of sp³-hybridized carbons (Fsp3) is 0.615. The molecule has 3 atom stereocenters. The first kappa shape index (κ1) is 24.1. The van der Waals surface area contributed by atoms with Gasteiger partial charge in [0.2, 0.25) is 11.4 Å². The number of alkyl carbamates (subject to hydrolysis) is 1. The molecule has 0 aromatic rings. The van der Waals surface area contributed by atoms with Crippen molar-refractivity contribution in [3.63, 3.8) is 0 Å². The number of hydrogen-bond acceptors (Lipinski definition) is 8. The lowest BCUT2D eigenvalue weighted by molar-refractivity contribution is -0.141. The number of rotatable bonds is 8. The van der Waals surface area contributed by atoms with Gasteiger partial charge in [-0.3, -0.25) is 19.2 Å². The highest BCUT2D eigenvalue weighted by Gasteiger charge is 2.33. The number of aliphatic carboxylic acids is 1. The quantitative estimate of drug-likeness (QED) is 0.174. The number of hydrogen-bond donors (Lipinski definition) is 6. The smallest absolute Gasteiger partial charge is 0.408 e. The lowest BCUT2D eigenvalue weighted by Crippen LogP contribution is -2.53. The van der Waals surface area contributed by atoms with E-state index in [4.69, 9.17) is 9.84 Å². The molecule has 0 radical (unpaired) electrons. The molecule has 26 heavy (non-hydrogen) atoms. The number of carboxylic acids is 1. The molecule has 0 aliphatic heterocycles. The van der Waals surface area contributed by atoms with Crippen LogP contribution in [0.3, 0.4) is 0 Å². The molecule has 0 saturated heterocycles. The lowest BCUT2D eigenvalue weighted by atomic mass is 10.2. The van der Waals surface area contributed by atoms with Gasteiger partial charge in [0.1, 0.15) is 11.6 Å². The first-order valence-corrected chi connectivity index (χ1v) is 9.70. The number of carboxylic acid groups (broad SMARTS) is 1. The van der Waals surface area contributed by atoms with E-state index in [-0.39, 0.29) is 0 Å². The third-order valence-corrected chi connectivity index (χ3v) is 3.78. The maximum absolute atomic E-state index is 12.1. The van der Waals surface area contributed by atoms with Crippen molar-refractivity contribution in [2.45, 2.75) is 45.4 Å². The summed E-state index contributed by atoms with van der Waals surface area (Å²) < 4.78 is 4.93. The van der Waals surface area contributed by atoms with Gasteiger partial charge >= 0.3 is 12.1 Å². The average molecular weight is 411 g/mol. The minimum absolute atomic E-state index is 0.647. The number of thiol groups is 1. The summed E-state index contributed by atoms with van der Waals surface area (Å²) in [7, 11) is -2.50. The van der Waals surface area contributed by atoms with Crippen LogP contribution < -0.4 is 16.0 Å². The van der Waals surface area contributed by atoms with Crippen molar-refractivity contribution >= 4 is 49.0 Å². The Hall–Kier alpha value is -1.91. The van der Waals surface area contributed by atoms with Gasteiger partial charge in [0, 0.05) is 0 Å². The van der Waals surface area contributed by atoms with Crippen molar-refractivity contribution in [3.05, 3.63) is 0 Å². The van der Waals surface area contributed by atoms with Crippen molar-refractivity contribution in [2.24, 2.45) is 0 Å². The van der Waals surface area contributed by atoms with Crippen LogP contribution in [-0.4, -0.2) is 63.6 Å². The Kier molecular flexibility index (Phi) is 9.53. The van der Waals surface area contributed by atoms with Crippen LogP contribution in [0.15, 0.2) is 0 Å². The SMILES string of the molecule is CC(NC(=O)CNC(=O)C(NC(=O)OC(C)(C)C)C(=O)P(O)S)C(=O)O. The molecule has 0 rings (SSSR count). The van der Waals surface area contributed by atoms with Crippen LogP contribution in [0.25, 0.3) is 0 Å². The highest BCUT2D eigenvalue weighted by atomic mass is 32.7. The summed E-state index contributed by atoms with van der Waals surface area (Å²) in [6.07, 6.45) is -1.08. The molecule has 11 nitrogen and oxygen atoms in total. The molecular weight excluding hydrogens is 389 g/mol. The van der Waals surface area contributed by atoms with Gasteiger partial charge in [0.05, 0.1) is 6.54 Å². The molecule has 0 aliphatic carbocycles. The molecule has 3 unspecified atom stereocenters. The largest absolute Gasteiger partial charge is 0.480 e. The predicted molar refractivity (Wildman–Crippen MR) is 94.5 cm³/mol. The number of nitrogens with one attached hydrogen (secondary N) is 3. The number of amides is 3. The van der Waals surface area contributed by atoms with Gasteiger partial charge in [-0.25, -0.2) is 4.79 Å². The fourth-order valence-corrected chi connectivity index (χ4v) is 2.16. The molecule has 13 heteroatoms. The summed E-state index contributed by atoms with van der Waals surface area (Å²) in [5, 5.41) is 14.8. The molecule has 148 valence electrons. The van der Waals surface area contributed by atoms with Gasteiger partial charge in [0.15, 0.2) is 13.4 Å². The van der Waals surface area contributed by atoms with Crippen molar-refractivity contribution < 1.29 is 38.7 Å². The fourth-order valence-electron chi connectivity index (χ4n) is 1.40. The predicted octanol–water partition coefficient (Wildman–Crippen LogP) is -0.654. The van der Waals surface area contributed by atoms with E-state index in [9.17, 15) is 28.9 Å². The monoisotopic (exact) mass is 411 g/mol. The van der Waals surface area contributed by atoms with E-state index in [0.717, 1.165) is 0 Å². The molecule has 0 heterocycles. The van der Waals surface area contributed by atoms with Crippen LogP contribution in [0.2, 0.25) is 0 Å². The summed E-state index contributed by atoms with van der Waals surface area (Å²) in [6, 6.07) is -3.01. The maximum Gasteiger partial charge on any atom is 0.408 e. The normalized spacial score (nSPS) is 14.4. The number of carbonyl (C=O) groups is 5. The highest BCUT2D eigenvalue weighted by Crippen LogP contribution is 2.37. The first-order valence-electron chi connectivity index (χ1n) is 7.25. The molecule has 0 spiro atoms. The zero-order valence-corrected chi connectivity index (χ0v) is 16.4. The highest BCUT2D eigenvalue weighted by molar-refractivity contribution is 8.48. The summed E-state index contributed by atoms with van der Waals surface area (Å²) in [5.41, 5.74) is -1.97. The second-order valence-electron chi connectivity index (χ2n) is 6.05. The van der Waals surface area contributed by atoms with Crippen LogP contribution in [0.1, 0.15) is 27.7 Å². The Labute approximate surface area is 156 Å². The Bertz CT molecular complexity index is 578. The molecule has 5 N–H and O–H groups in total. The van der Waals surface area contributed by atoms with E-state index in [0.29, 0.717) is 0 Å².